The fourth-order valence-electron chi connectivity index (χ4n) is 11.4. The number of ether oxygens (including phenoxy) is 6. The predicted octanol–water partition coefficient (Wildman–Crippen LogP) is 21.5. The Labute approximate surface area is 714 Å². The summed E-state index contributed by atoms with van der Waals surface area (Å²) in [5, 5.41) is 7.22. The van der Waals surface area contributed by atoms with E-state index in [-0.39, 0.29) is 51.6 Å². The Hall–Kier alpha value is -6.71. The van der Waals surface area contributed by atoms with E-state index in [9.17, 15) is 31.9 Å². The summed E-state index contributed by atoms with van der Waals surface area (Å²) in [5.41, 5.74) is 2.26. The van der Waals surface area contributed by atoms with Crippen molar-refractivity contribution in [1.82, 2.24) is 0 Å². The molecule has 0 saturated carbocycles. The molecule has 0 aliphatic carbocycles. The van der Waals surface area contributed by atoms with Gasteiger partial charge in [-0.3, -0.25) is 9.59 Å². The number of unbranched alkanes of at least 4 members (excludes halogenated alkanes) is 6. The number of methoxy groups -OCH3 is 5. The molecule has 10 aromatic carbocycles. The zero-order chi connectivity index (χ0) is 83.3. The van der Waals surface area contributed by atoms with Gasteiger partial charge < -0.3 is 45.4 Å². The summed E-state index contributed by atoms with van der Waals surface area (Å²) in [7, 11) is 25.7. The van der Waals surface area contributed by atoms with Gasteiger partial charge in [-0.1, -0.05) is 277 Å². The first kappa shape index (κ1) is 103. The normalized spacial score (nSPS) is 10.5. The van der Waals surface area contributed by atoms with E-state index >= 15 is 0 Å². The van der Waals surface area contributed by atoms with Crippen LogP contribution in [-0.2, 0) is 39.5 Å². The molecule has 0 fully saturated rings. The number of halogens is 11. The molecular weight excluding hydrogens is 1720 g/mol. The van der Waals surface area contributed by atoms with E-state index in [0.29, 0.717) is 53.8 Å². The van der Waals surface area contributed by atoms with Crippen molar-refractivity contribution in [2.24, 2.45) is 0 Å². The number of rotatable bonds is 29. The van der Waals surface area contributed by atoms with Gasteiger partial charge in [0.1, 0.15) is 29.5 Å². The molecule has 0 aliphatic heterocycles. The fraction of sp³-hybridized carbons (Fsp3) is 0.275. The third-order valence-electron chi connectivity index (χ3n) is 16.9. The molecule has 23 heteroatoms. The quantitative estimate of drug-likeness (QED) is 0.00862. The Morgan fingerprint density at radius 2 is 0.789 bits per heavy atom. The molecule has 10 rings (SSSR count). The molecule has 0 aliphatic rings. The first-order valence-corrected chi connectivity index (χ1v) is 50.4. The molecule has 0 bridgehead atoms. The molecule has 114 heavy (non-hydrogen) atoms. The summed E-state index contributed by atoms with van der Waals surface area (Å²) < 4.78 is 82.8. The predicted molar refractivity (Wildman–Crippen MR) is 472 cm³/mol. The van der Waals surface area contributed by atoms with Gasteiger partial charge in [0.25, 0.3) is 0 Å². The maximum atomic E-state index is 13.9. The first-order valence-electron chi connectivity index (χ1n) is 37.1. The summed E-state index contributed by atoms with van der Waals surface area (Å²) in [6, 6.07) is 82.1. The van der Waals surface area contributed by atoms with Gasteiger partial charge in [-0.05, 0) is 147 Å². The second kappa shape index (κ2) is 59.9. The van der Waals surface area contributed by atoms with Crippen LogP contribution in [-0.4, -0.2) is 77.7 Å². The summed E-state index contributed by atoms with van der Waals surface area (Å²) in [4.78, 5) is 33.5. The zero-order valence-corrected chi connectivity index (χ0v) is 75.7. The number of allylic oxidation sites excluding steroid dienone is 1. The van der Waals surface area contributed by atoms with Crippen molar-refractivity contribution < 1.29 is 89.7 Å². The summed E-state index contributed by atoms with van der Waals surface area (Å²) in [6.07, 6.45) is 18.4. The Bertz CT molecular complexity index is 4170. The van der Waals surface area contributed by atoms with Crippen molar-refractivity contribution in [2.45, 2.75) is 117 Å². The second-order valence-electron chi connectivity index (χ2n) is 24.6. The molecule has 9 nitrogen and oxygen atoms in total. The van der Waals surface area contributed by atoms with E-state index in [1.807, 2.05) is 79.7 Å². The number of benzene rings is 10. The molecule has 614 valence electrons. The van der Waals surface area contributed by atoms with Gasteiger partial charge in [0, 0.05) is 29.6 Å². The van der Waals surface area contributed by atoms with Gasteiger partial charge in [0.15, 0.2) is 52.6 Å². The van der Waals surface area contributed by atoms with Crippen molar-refractivity contribution in [2.75, 3.05) is 48.3 Å². The number of carbonyl (C=O) groups is 3. The summed E-state index contributed by atoms with van der Waals surface area (Å²) >= 11 is 6.90. The van der Waals surface area contributed by atoms with Crippen LogP contribution in [0.1, 0.15) is 136 Å². The van der Waals surface area contributed by atoms with Crippen LogP contribution in [0.15, 0.2) is 255 Å². The van der Waals surface area contributed by atoms with E-state index in [2.05, 4.69) is 165 Å². The van der Waals surface area contributed by atoms with Gasteiger partial charge in [-0.15, -0.1) is 0 Å². The van der Waals surface area contributed by atoms with Gasteiger partial charge in [0.05, 0.1) is 46.8 Å². The Kier molecular flexibility index (Phi) is 54.3. The standard InChI is InChI=1S/C22H21O2P.C22H24P.C13H17FO2.C12H17FO.C12H15FO.C8H7FO2.C2H4Cl2O.BrH.4ClH.Ti/c1-2-24-22(23)18-25(19-12-6-3-7-13-19,20-14-8-4-9-15-20)21-16-10-5-11-17-21;1-2-3-19-23(20-13-7-4-8-14-20,21-15-9-5-10-16-21)22-17-11-6-12-18-22;1-3-4-5-6-11-10(9-15)7-8-12(16-2)13(11)14;2*1-3-4-5-7-10-8-6-9-11(14-2)12(10)13;1-11-7-4-2-3-6(5-10)8(7)9;1-5-2(3)4;;;;;;/h3-18H,2H2,1H3;4-18H,2-3,19H2,1H3;7-9H,3-6H2,1-2H3;6,8-9H,3-5,7H2,1-2H3;5-9H,3-4H2,1-2H3;2-5H,1H3;2H,1H3;5*1H;/q;+1;;;;;;;;;;;+4/p-5/b;;;;7-5+;;;;;;;;. The van der Waals surface area contributed by atoms with Crippen LogP contribution in [0.3, 0.4) is 0 Å². The van der Waals surface area contributed by atoms with Crippen LogP contribution in [0.25, 0.3) is 6.08 Å². The summed E-state index contributed by atoms with van der Waals surface area (Å²) in [6.45, 7) is 8.57. The van der Waals surface area contributed by atoms with Crippen LogP contribution in [0.2, 0.25) is 0 Å². The number of hydrogen-bond donors (Lipinski definition) is 0. The molecule has 0 heterocycles. The van der Waals surface area contributed by atoms with Crippen LogP contribution >= 0.6 is 74.6 Å². The van der Waals surface area contributed by atoms with Crippen molar-refractivity contribution in [3.05, 3.63) is 306 Å². The molecule has 0 radical (unpaired) electrons. The van der Waals surface area contributed by atoms with Crippen molar-refractivity contribution in [3.63, 3.8) is 0 Å². The SMILES string of the molecule is CCC/C=C/c1cccc(OC)c1F.CCCCCc1c(C=O)ccc(OC)c1F.CCCCCc1cccc(OC)c1F.CCCC[P+](c1ccccc1)(c1ccccc1)c1ccccc1.CCOC(=O)C=P(c1ccccc1)(c1ccccc1)c1ccccc1.COC(Cl)Cl.COc1cccc(C=O)c1F.[Br-].[Cl][Ti]([Cl])([Cl])[Cl]. The second-order valence-corrected chi connectivity index (χ2v) is 47.9. The minimum atomic E-state index is -3.11. The first-order chi connectivity index (χ1) is 54.5. The van der Waals surface area contributed by atoms with Crippen LogP contribution < -0.4 is 67.8 Å². The Balaban J connectivity index is 0.000000461. The Morgan fingerprint density at radius 1 is 0.430 bits per heavy atom. The average Bonchev–Trinajstić information content (AvgIpc) is 0.762. The molecule has 0 unspecified atom stereocenters. The molecular formula is C91H105BrCl6F4O9P2Ti. The van der Waals surface area contributed by atoms with Gasteiger partial charge in [0.2, 0.25) is 5.02 Å². The molecule has 0 amide bonds. The van der Waals surface area contributed by atoms with Crippen LogP contribution in [0, 0.1) is 23.3 Å². The van der Waals surface area contributed by atoms with Crippen molar-refractivity contribution >= 4 is 137 Å². The van der Waals surface area contributed by atoms with E-state index < -0.39 is 43.2 Å². The van der Waals surface area contributed by atoms with Gasteiger partial charge >= 0.3 is 55.5 Å². The van der Waals surface area contributed by atoms with E-state index in [0.717, 1.165) is 79.3 Å². The van der Waals surface area contributed by atoms with Crippen molar-refractivity contribution in [1.29, 1.82) is 0 Å². The van der Waals surface area contributed by atoms with E-state index in [4.69, 9.17) is 79.4 Å². The molecule has 0 N–H and O–H groups in total. The van der Waals surface area contributed by atoms with Crippen molar-refractivity contribution in [3.8, 4) is 23.0 Å². The summed E-state index contributed by atoms with van der Waals surface area (Å²) in [5.74, 6) is 0.972. The third-order valence-corrected chi connectivity index (χ3v) is 25.8. The zero-order valence-electron chi connectivity index (χ0n) is 66.3. The van der Waals surface area contributed by atoms with E-state index in [1.54, 1.807) is 48.3 Å². The number of esters is 1. The third kappa shape index (κ3) is 36.0. The maximum absolute atomic E-state index is 13.9. The van der Waals surface area contributed by atoms with Crippen LogP contribution in [0.4, 0.5) is 17.6 Å². The Morgan fingerprint density at radius 3 is 1.16 bits per heavy atom. The number of hydrogen-bond acceptors (Lipinski definition) is 9. The van der Waals surface area contributed by atoms with Gasteiger partial charge in [-0.25, -0.2) is 22.4 Å². The number of alkyl halides is 2. The molecule has 0 aromatic heterocycles. The number of carbonyl (C=O) groups excluding carboxylic acids is 3. The molecule has 0 saturated heterocycles. The van der Waals surface area contributed by atoms with E-state index in [1.165, 1.54) is 88.7 Å². The topological polar surface area (TPSA) is 107 Å². The average molecular weight is 1820 g/mol. The van der Waals surface area contributed by atoms with Crippen LogP contribution in [0.5, 0.6) is 23.0 Å². The number of aryl methyl sites for hydroxylation is 1. The molecule has 0 spiro atoms. The fourth-order valence-corrected chi connectivity index (χ4v) is 19.6. The minimum absolute atomic E-state index is 0. The number of aldehydes is 2. The van der Waals surface area contributed by atoms with Gasteiger partial charge in [-0.2, -0.15) is 0 Å². The monoisotopic (exact) mass is 1820 g/mol. The molecule has 10 aromatic rings. The molecule has 0 atom stereocenters.